The van der Waals surface area contributed by atoms with Crippen molar-refractivity contribution in [1.82, 2.24) is 0 Å². The Bertz CT molecular complexity index is 305. The summed E-state index contributed by atoms with van der Waals surface area (Å²) in [6.07, 6.45) is 4.57. The van der Waals surface area contributed by atoms with Crippen LogP contribution in [0.5, 0.6) is 0 Å². The topological polar surface area (TPSA) is 24.1 Å². The van der Waals surface area contributed by atoms with Gasteiger partial charge in [-0.15, -0.1) is 0 Å². The molecule has 0 bridgehead atoms. The third-order valence-electron chi connectivity index (χ3n) is 2.24. The molecule has 1 heterocycles. The molecule has 0 aromatic carbocycles. The van der Waals surface area contributed by atoms with Crippen molar-refractivity contribution in [2.24, 2.45) is 5.92 Å². The van der Waals surface area contributed by atoms with Gasteiger partial charge in [-0.25, -0.2) is 0 Å². The van der Waals surface area contributed by atoms with Gasteiger partial charge >= 0.3 is 0 Å². The molecule has 0 fully saturated rings. The van der Waals surface area contributed by atoms with E-state index in [-0.39, 0.29) is 0 Å². The largest absolute Gasteiger partial charge is 0.285 e. The monoisotopic (exact) mass is 194 g/mol. The summed E-state index contributed by atoms with van der Waals surface area (Å²) in [7, 11) is 0. The molecule has 0 aliphatic carbocycles. The van der Waals surface area contributed by atoms with E-state index in [1.54, 1.807) is 12.4 Å². The second-order valence-electron chi connectivity index (χ2n) is 4.61. The lowest BCUT2D eigenvalue weighted by atomic mass is 9.99. The molecule has 0 radical (unpaired) electrons. The molecule has 1 aromatic rings. The van der Waals surface area contributed by atoms with Gasteiger partial charge in [0.15, 0.2) is 0 Å². The molecule has 0 amide bonds. The fourth-order valence-corrected chi connectivity index (χ4v) is 1.55. The van der Waals surface area contributed by atoms with Crippen LogP contribution in [0.25, 0.3) is 0 Å². The molecule has 0 spiro atoms. The predicted octanol–water partition coefficient (Wildman–Crippen LogP) is 2.53. The summed E-state index contributed by atoms with van der Waals surface area (Å²) in [6, 6.07) is 2.18. The number of pyridine rings is 1. The van der Waals surface area contributed by atoms with Crippen LogP contribution in [-0.4, -0.2) is 5.21 Å². The maximum absolute atomic E-state index is 9.47. The minimum Gasteiger partial charge on any atom is -0.285 e. The smallest absolute Gasteiger partial charge is 0.225 e. The van der Waals surface area contributed by atoms with Crippen molar-refractivity contribution in [3.63, 3.8) is 0 Å². The van der Waals surface area contributed by atoms with Gasteiger partial charge < -0.3 is 0 Å². The molecule has 2 heteroatoms. The Balaban J connectivity index is 2.95. The maximum Gasteiger partial charge on any atom is 0.225 e. The number of nitrogens with zero attached hydrogens (tertiary/aromatic N) is 1. The third kappa shape index (κ3) is 3.02. The molecule has 78 valence electrons. The number of hydrogen-bond donors (Lipinski definition) is 1. The van der Waals surface area contributed by atoms with Crippen molar-refractivity contribution in [2.45, 2.75) is 40.0 Å². The quantitative estimate of drug-likeness (QED) is 0.580. The molecule has 0 saturated heterocycles. The van der Waals surface area contributed by atoms with Crippen LogP contribution in [-0.2, 0) is 6.42 Å². The van der Waals surface area contributed by atoms with E-state index in [1.807, 2.05) is 0 Å². The van der Waals surface area contributed by atoms with Crippen LogP contribution < -0.4 is 4.73 Å². The van der Waals surface area contributed by atoms with Gasteiger partial charge in [-0.05, 0) is 24.3 Å². The van der Waals surface area contributed by atoms with E-state index in [4.69, 9.17) is 0 Å². The minimum absolute atomic E-state index is 0.459. The molecular weight excluding hydrogens is 174 g/mol. The van der Waals surface area contributed by atoms with E-state index >= 15 is 0 Å². The summed E-state index contributed by atoms with van der Waals surface area (Å²) in [6.45, 7) is 8.64. The second-order valence-corrected chi connectivity index (χ2v) is 4.61. The number of aromatic nitrogens is 1. The molecule has 14 heavy (non-hydrogen) atoms. The zero-order valence-electron chi connectivity index (χ0n) is 9.49. The zero-order valence-corrected chi connectivity index (χ0v) is 9.49. The first-order valence-electron chi connectivity index (χ1n) is 5.23. The van der Waals surface area contributed by atoms with E-state index in [2.05, 4.69) is 33.8 Å². The molecule has 0 saturated carbocycles. The molecule has 0 unspecified atom stereocenters. The van der Waals surface area contributed by atoms with Crippen LogP contribution in [0.4, 0.5) is 0 Å². The molecular formula is C12H20NO+. The fourth-order valence-electron chi connectivity index (χ4n) is 1.55. The van der Waals surface area contributed by atoms with Crippen molar-refractivity contribution in [3.8, 4) is 0 Å². The highest BCUT2D eigenvalue weighted by Gasteiger charge is 2.10. The van der Waals surface area contributed by atoms with Crippen molar-refractivity contribution >= 4 is 0 Å². The Morgan fingerprint density at radius 2 is 1.86 bits per heavy atom. The lowest BCUT2D eigenvalue weighted by Crippen LogP contribution is -2.30. The van der Waals surface area contributed by atoms with Gasteiger partial charge in [0.1, 0.15) is 0 Å². The molecule has 0 aliphatic heterocycles. The Hall–Kier alpha value is -1.05. The van der Waals surface area contributed by atoms with Crippen LogP contribution in [0.1, 0.15) is 44.7 Å². The van der Waals surface area contributed by atoms with Crippen molar-refractivity contribution in [3.05, 3.63) is 29.6 Å². The Morgan fingerprint density at radius 3 is 2.36 bits per heavy atom. The van der Waals surface area contributed by atoms with E-state index < -0.39 is 0 Å². The van der Waals surface area contributed by atoms with Crippen LogP contribution in [0.15, 0.2) is 18.5 Å². The first-order chi connectivity index (χ1) is 6.49. The molecule has 0 atom stereocenters. The first-order valence-corrected chi connectivity index (χ1v) is 5.23. The Morgan fingerprint density at radius 1 is 1.21 bits per heavy atom. The van der Waals surface area contributed by atoms with Gasteiger partial charge in [0.05, 0.1) is 0 Å². The molecule has 0 aliphatic rings. The molecule has 1 rings (SSSR count). The Labute approximate surface area is 86.2 Å². The van der Waals surface area contributed by atoms with Gasteiger partial charge in [-0.1, -0.05) is 27.7 Å². The summed E-state index contributed by atoms with van der Waals surface area (Å²) < 4.78 is 1.17. The number of rotatable bonds is 3. The summed E-state index contributed by atoms with van der Waals surface area (Å²) in [5, 5.41) is 9.47. The summed E-state index contributed by atoms with van der Waals surface area (Å²) in [5.41, 5.74) is 2.39. The highest BCUT2D eigenvalue weighted by molar-refractivity contribution is 5.18. The highest BCUT2D eigenvalue weighted by atomic mass is 16.5. The lowest BCUT2D eigenvalue weighted by Gasteiger charge is -2.06. The second kappa shape index (κ2) is 4.45. The standard InChI is InChI=1S/C12H20NO/c1-9(2)5-11-6-12(10(3)4)8-13(14)7-11/h6-10,14H,5H2,1-4H3/q+1. The van der Waals surface area contributed by atoms with Gasteiger partial charge in [0.2, 0.25) is 12.4 Å². The average molecular weight is 194 g/mol. The molecule has 2 nitrogen and oxygen atoms in total. The minimum atomic E-state index is 0.459. The SMILES string of the molecule is CC(C)Cc1cc(C(C)C)c[n+](O)c1. The van der Waals surface area contributed by atoms with Gasteiger partial charge in [-0.2, -0.15) is 0 Å². The zero-order chi connectivity index (χ0) is 10.7. The van der Waals surface area contributed by atoms with E-state index in [0.717, 1.165) is 6.42 Å². The summed E-state index contributed by atoms with van der Waals surface area (Å²) in [5.74, 6) is 1.08. The van der Waals surface area contributed by atoms with Crippen LogP contribution in [0.2, 0.25) is 0 Å². The van der Waals surface area contributed by atoms with Crippen molar-refractivity contribution in [1.29, 1.82) is 0 Å². The van der Waals surface area contributed by atoms with Crippen LogP contribution in [0, 0.1) is 5.92 Å². The maximum atomic E-state index is 9.47. The normalized spacial score (nSPS) is 11.3. The van der Waals surface area contributed by atoms with Crippen LogP contribution >= 0.6 is 0 Å². The third-order valence-corrected chi connectivity index (χ3v) is 2.24. The highest BCUT2D eigenvalue weighted by Crippen LogP contribution is 2.15. The lowest BCUT2D eigenvalue weighted by molar-refractivity contribution is -0.905. The predicted molar refractivity (Wildman–Crippen MR) is 56.5 cm³/mol. The van der Waals surface area contributed by atoms with E-state index in [0.29, 0.717) is 11.8 Å². The number of hydrogen-bond acceptors (Lipinski definition) is 1. The van der Waals surface area contributed by atoms with Crippen molar-refractivity contribution < 1.29 is 9.94 Å². The molecule has 1 N–H and O–H groups in total. The average Bonchev–Trinajstić information content (AvgIpc) is 2.01. The van der Waals surface area contributed by atoms with Gasteiger partial charge in [0, 0.05) is 15.9 Å². The summed E-state index contributed by atoms with van der Waals surface area (Å²) >= 11 is 0. The first kappa shape index (κ1) is 11.0. The fraction of sp³-hybridized carbons (Fsp3) is 0.583. The van der Waals surface area contributed by atoms with Crippen LogP contribution in [0.3, 0.4) is 0 Å². The van der Waals surface area contributed by atoms with Gasteiger partial charge in [-0.3, -0.25) is 5.21 Å². The van der Waals surface area contributed by atoms with Crippen molar-refractivity contribution in [2.75, 3.05) is 0 Å². The van der Waals surface area contributed by atoms with Gasteiger partial charge in [0.25, 0.3) is 0 Å². The van der Waals surface area contributed by atoms with E-state index in [1.165, 1.54) is 15.9 Å². The Kier molecular flexibility index (Phi) is 3.50. The summed E-state index contributed by atoms with van der Waals surface area (Å²) in [4.78, 5) is 0. The molecule has 1 aromatic heterocycles. The van der Waals surface area contributed by atoms with E-state index in [9.17, 15) is 5.21 Å².